The van der Waals surface area contributed by atoms with Gasteiger partial charge >= 0.3 is 0 Å². The molecule has 0 saturated carbocycles. The number of aryl methyl sites for hydroxylation is 1. The Hall–Kier alpha value is -1.37. The van der Waals surface area contributed by atoms with Gasteiger partial charge in [0.25, 0.3) is 0 Å². The van der Waals surface area contributed by atoms with E-state index in [1.807, 2.05) is 29.5 Å². The van der Waals surface area contributed by atoms with Crippen molar-refractivity contribution in [1.29, 1.82) is 0 Å². The first-order valence-electron chi connectivity index (χ1n) is 7.44. The monoisotopic (exact) mass is 323 g/mol. The molecule has 1 aliphatic rings. The van der Waals surface area contributed by atoms with Gasteiger partial charge in [-0.05, 0) is 5.56 Å². The standard InChI is InChI=1S/C15H22ClN5O/c1-19-6-11(4-18-19)13-8-21(7-12(13)10-22-3)9-15-17-5-14(16)20(15)2/h4-6,12-13H,7-10H2,1-3H3/t12-,13-/m0/s1. The third-order valence-corrected chi connectivity index (χ3v) is 4.79. The van der Waals surface area contributed by atoms with Crippen molar-refractivity contribution in [3.8, 4) is 0 Å². The molecular formula is C15H22ClN5O. The molecular weight excluding hydrogens is 302 g/mol. The molecule has 3 rings (SSSR count). The molecule has 3 heterocycles. The van der Waals surface area contributed by atoms with Crippen LogP contribution in [0.4, 0.5) is 0 Å². The summed E-state index contributed by atoms with van der Waals surface area (Å²) < 4.78 is 9.21. The number of rotatable bonds is 5. The van der Waals surface area contributed by atoms with Gasteiger partial charge in [0.2, 0.25) is 0 Å². The molecule has 1 aliphatic heterocycles. The molecule has 2 atom stereocenters. The SMILES string of the molecule is COC[C@@H]1CN(Cc2ncc(Cl)n2C)C[C@H]1c1cnn(C)c1. The first-order valence-corrected chi connectivity index (χ1v) is 7.82. The van der Waals surface area contributed by atoms with Crippen LogP contribution >= 0.6 is 11.6 Å². The van der Waals surface area contributed by atoms with Crippen molar-refractivity contribution in [3.05, 3.63) is 35.1 Å². The minimum Gasteiger partial charge on any atom is -0.384 e. The largest absolute Gasteiger partial charge is 0.384 e. The Labute approximate surface area is 135 Å². The predicted molar refractivity (Wildman–Crippen MR) is 84.8 cm³/mol. The summed E-state index contributed by atoms with van der Waals surface area (Å²) in [5.41, 5.74) is 1.28. The molecule has 2 aromatic heterocycles. The zero-order chi connectivity index (χ0) is 15.7. The lowest BCUT2D eigenvalue weighted by molar-refractivity contribution is 0.147. The molecule has 6 nitrogen and oxygen atoms in total. The molecule has 0 spiro atoms. The summed E-state index contributed by atoms with van der Waals surface area (Å²) in [7, 11) is 5.67. The van der Waals surface area contributed by atoms with Crippen molar-refractivity contribution < 1.29 is 4.74 Å². The Morgan fingerprint density at radius 1 is 1.32 bits per heavy atom. The molecule has 7 heteroatoms. The van der Waals surface area contributed by atoms with Crippen LogP contribution in [-0.4, -0.2) is 51.0 Å². The quantitative estimate of drug-likeness (QED) is 0.840. The van der Waals surface area contributed by atoms with Gasteiger partial charge in [0.15, 0.2) is 0 Å². The molecule has 0 bridgehead atoms. The lowest BCUT2D eigenvalue weighted by Gasteiger charge is -2.15. The minimum atomic E-state index is 0.449. The highest BCUT2D eigenvalue weighted by atomic mass is 35.5. The van der Waals surface area contributed by atoms with Gasteiger partial charge in [0, 0.05) is 52.3 Å². The van der Waals surface area contributed by atoms with E-state index in [0.29, 0.717) is 17.0 Å². The maximum Gasteiger partial charge on any atom is 0.128 e. The number of imidazole rings is 1. The number of nitrogens with zero attached hydrogens (tertiary/aromatic N) is 5. The van der Waals surface area contributed by atoms with E-state index in [2.05, 4.69) is 21.2 Å². The van der Waals surface area contributed by atoms with Crippen molar-refractivity contribution >= 4 is 11.6 Å². The molecule has 1 fully saturated rings. The van der Waals surface area contributed by atoms with Gasteiger partial charge in [-0.15, -0.1) is 0 Å². The van der Waals surface area contributed by atoms with Crippen LogP contribution in [0.5, 0.6) is 0 Å². The van der Waals surface area contributed by atoms with E-state index in [1.54, 1.807) is 13.3 Å². The summed E-state index contributed by atoms with van der Waals surface area (Å²) in [5, 5.41) is 4.98. The topological polar surface area (TPSA) is 48.1 Å². The molecule has 2 aromatic rings. The Morgan fingerprint density at radius 2 is 2.14 bits per heavy atom. The lowest BCUT2D eigenvalue weighted by atomic mass is 9.92. The summed E-state index contributed by atoms with van der Waals surface area (Å²) in [5.74, 6) is 1.92. The Kier molecular flexibility index (Phi) is 4.52. The number of ether oxygens (including phenoxy) is 1. The average molecular weight is 324 g/mol. The molecule has 120 valence electrons. The fourth-order valence-electron chi connectivity index (χ4n) is 3.25. The van der Waals surface area contributed by atoms with Crippen molar-refractivity contribution in [2.75, 3.05) is 26.8 Å². The van der Waals surface area contributed by atoms with E-state index in [4.69, 9.17) is 16.3 Å². The molecule has 0 unspecified atom stereocenters. The minimum absolute atomic E-state index is 0.449. The van der Waals surface area contributed by atoms with Gasteiger partial charge in [-0.2, -0.15) is 5.10 Å². The van der Waals surface area contributed by atoms with Crippen LogP contribution in [-0.2, 0) is 25.4 Å². The third kappa shape index (κ3) is 3.04. The molecule has 22 heavy (non-hydrogen) atoms. The number of halogens is 1. The second-order valence-electron chi connectivity index (χ2n) is 6.02. The fraction of sp³-hybridized carbons (Fsp3) is 0.600. The predicted octanol–water partition coefficient (Wildman–Crippen LogP) is 1.67. The molecule has 1 saturated heterocycles. The highest BCUT2D eigenvalue weighted by Crippen LogP contribution is 2.33. The molecule has 0 amide bonds. The van der Waals surface area contributed by atoms with Crippen LogP contribution in [0.25, 0.3) is 0 Å². The van der Waals surface area contributed by atoms with Crippen molar-refractivity contribution in [3.63, 3.8) is 0 Å². The highest BCUT2D eigenvalue weighted by Gasteiger charge is 2.34. The number of likely N-dealkylation sites (tertiary alicyclic amines) is 1. The van der Waals surface area contributed by atoms with Gasteiger partial charge in [0.05, 0.1) is 25.5 Å². The van der Waals surface area contributed by atoms with E-state index >= 15 is 0 Å². The Morgan fingerprint density at radius 3 is 2.73 bits per heavy atom. The van der Waals surface area contributed by atoms with Crippen LogP contribution in [0, 0.1) is 5.92 Å². The summed E-state index contributed by atoms with van der Waals surface area (Å²) in [4.78, 5) is 6.81. The van der Waals surface area contributed by atoms with Crippen LogP contribution < -0.4 is 0 Å². The lowest BCUT2D eigenvalue weighted by Crippen LogP contribution is -2.23. The molecule has 0 N–H and O–H groups in total. The fourth-order valence-corrected chi connectivity index (χ4v) is 3.40. The maximum absolute atomic E-state index is 6.07. The maximum atomic E-state index is 6.07. The first kappa shape index (κ1) is 15.5. The summed E-state index contributed by atoms with van der Waals surface area (Å²) in [6.07, 6.45) is 5.78. The number of hydrogen-bond donors (Lipinski definition) is 0. The summed E-state index contributed by atoms with van der Waals surface area (Å²) in [6, 6.07) is 0. The molecule has 0 aromatic carbocycles. The van der Waals surface area contributed by atoms with Crippen LogP contribution in [0.3, 0.4) is 0 Å². The normalized spacial score (nSPS) is 22.5. The van der Waals surface area contributed by atoms with E-state index in [9.17, 15) is 0 Å². The van der Waals surface area contributed by atoms with Crippen molar-refractivity contribution in [2.24, 2.45) is 20.0 Å². The highest BCUT2D eigenvalue weighted by molar-refractivity contribution is 6.29. The molecule has 0 aliphatic carbocycles. The van der Waals surface area contributed by atoms with E-state index in [-0.39, 0.29) is 0 Å². The Bertz CT molecular complexity index is 638. The van der Waals surface area contributed by atoms with E-state index in [1.165, 1.54) is 5.56 Å². The summed E-state index contributed by atoms with van der Waals surface area (Å²) >= 11 is 6.07. The second kappa shape index (κ2) is 6.40. The summed E-state index contributed by atoms with van der Waals surface area (Å²) in [6.45, 7) is 3.56. The zero-order valence-corrected chi connectivity index (χ0v) is 14.0. The third-order valence-electron chi connectivity index (χ3n) is 4.44. The van der Waals surface area contributed by atoms with E-state index < -0.39 is 0 Å². The Balaban J connectivity index is 1.74. The van der Waals surface area contributed by atoms with Gasteiger partial charge in [-0.3, -0.25) is 9.58 Å². The number of methoxy groups -OCH3 is 1. The average Bonchev–Trinajstić information content (AvgIpc) is 3.16. The van der Waals surface area contributed by atoms with Crippen molar-refractivity contribution in [1.82, 2.24) is 24.2 Å². The number of aromatic nitrogens is 4. The number of hydrogen-bond acceptors (Lipinski definition) is 4. The van der Waals surface area contributed by atoms with Crippen molar-refractivity contribution in [2.45, 2.75) is 12.5 Å². The van der Waals surface area contributed by atoms with Gasteiger partial charge in [-0.1, -0.05) is 11.6 Å². The van der Waals surface area contributed by atoms with Crippen LogP contribution in [0.2, 0.25) is 5.15 Å². The van der Waals surface area contributed by atoms with Gasteiger partial charge in [-0.25, -0.2) is 4.98 Å². The smallest absolute Gasteiger partial charge is 0.128 e. The van der Waals surface area contributed by atoms with Gasteiger partial charge in [0.1, 0.15) is 11.0 Å². The van der Waals surface area contributed by atoms with E-state index in [0.717, 1.165) is 32.1 Å². The van der Waals surface area contributed by atoms with Crippen LogP contribution in [0.15, 0.2) is 18.6 Å². The first-order chi connectivity index (χ1) is 10.6. The molecule has 0 radical (unpaired) electrons. The second-order valence-corrected chi connectivity index (χ2v) is 6.41. The van der Waals surface area contributed by atoms with Crippen LogP contribution in [0.1, 0.15) is 17.3 Å². The van der Waals surface area contributed by atoms with Gasteiger partial charge < -0.3 is 9.30 Å². The zero-order valence-electron chi connectivity index (χ0n) is 13.2.